The summed E-state index contributed by atoms with van der Waals surface area (Å²) in [6, 6.07) is 0. The van der Waals surface area contributed by atoms with Gasteiger partial charge in [0.2, 0.25) is 0 Å². The van der Waals surface area contributed by atoms with Crippen molar-refractivity contribution in [2.75, 3.05) is 0 Å². The maximum atomic E-state index is 10.8. The highest BCUT2D eigenvalue weighted by molar-refractivity contribution is 5.96. The number of carbonyl (C=O) groups excluding carboxylic acids is 1. The van der Waals surface area contributed by atoms with Gasteiger partial charge in [-0.25, -0.2) is 9.98 Å². The lowest BCUT2D eigenvalue weighted by molar-refractivity contribution is 0.0997. The fourth-order valence-corrected chi connectivity index (χ4v) is 0.813. The fourth-order valence-electron chi connectivity index (χ4n) is 0.813. The van der Waals surface area contributed by atoms with E-state index in [9.17, 15) is 4.79 Å². The van der Waals surface area contributed by atoms with E-state index in [1.54, 1.807) is 0 Å². The van der Waals surface area contributed by atoms with Crippen molar-refractivity contribution >= 4 is 17.4 Å². The molecule has 5 nitrogen and oxygen atoms in total. The number of hydrogen-bond donors (Lipinski definition) is 2. The minimum atomic E-state index is -0.542. The standard InChI is InChI=1S/C8H12N4O/c1-3-5(2)12-8-6(7(9)13)10-4-11-8/h4H,3H2,1-2H3,(H2,9,13)(H,10,11). The van der Waals surface area contributed by atoms with Crippen LogP contribution in [-0.2, 0) is 0 Å². The highest BCUT2D eigenvalue weighted by Gasteiger charge is 2.09. The Kier molecular flexibility index (Phi) is 2.79. The molecular weight excluding hydrogens is 168 g/mol. The van der Waals surface area contributed by atoms with E-state index in [0.717, 1.165) is 12.1 Å². The Morgan fingerprint density at radius 2 is 2.46 bits per heavy atom. The molecule has 0 aliphatic carbocycles. The summed E-state index contributed by atoms with van der Waals surface area (Å²) in [5, 5.41) is 0. The van der Waals surface area contributed by atoms with Gasteiger partial charge in [-0.05, 0) is 13.3 Å². The molecule has 1 amide bonds. The lowest BCUT2D eigenvalue weighted by Gasteiger charge is -1.94. The van der Waals surface area contributed by atoms with Crippen molar-refractivity contribution in [2.24, 2.45) is 10.7 Å². The molecule has 0 bridgehead atoms. The highest BCUT2D eigenvalue weighted by atomic mass is 16.1. The first-order valence-corrected chi connectivity index (χ1v) is 4.02. The highest BCUT2D eigenvalue weighted by Crippen LogP contribution is 2.13. The van der Waals surface area contributed by atoms with E-state index in [2.05, 4.69) is 15.0 Å². The van der Waals surface area contributed by atoms with Crippen LogP contribution in [-0.4, -0.2) is 21.6 Å². The van der Waals surface area contributed by atoms with Crippen LogP contribution in [0, 0.1) is 0 Å². The molecule has 0 saturated carbocycles. The van der Waals surface area contributed by atoms with Gasteiger partial charge in [0.1, 0.15) is 0 Å². The average Bonchev–Trinajstić information content (AvgIpc) is 2.52. The van der Waals surface area contributed by atoms with Gasteiger partial charge >= 0.3 is 0 Å². The predicted octanol–water partition coefficient (Wildman–Crippen LogP) is 1.01. The Bertz CT molecular complexity index is 340. The number of amides is 1. The monoisotopic (exact) mass is 180 g/mol. The number of primary amides is 1. The lowest BCUT2D eigenvalue weighted by atomic mass is 10.3. The molecule has 0 saturated heterocycles. The fraction of sp³-hybridized carbons (Fsp3) is 0.375. The number of rotatable bonds is 3. The van der Waals surface area contributed by atoms with Gasteiger partial charge in [0, 0.05) is 5.71 Å². The van der Waals surface area contributed by atoms with Gasteiger partial charge in [-0.1, -0.05) is 6.92 Å². The van der Waals surface area contributed by atoms with E-state index in [1.165, 1.54) is 6.33 Å². The molecule has 1 heterocycles. The van der Waals surface area contributed by atoms with Gasteiger partial charge in [0.25, 0.3) is 5.91 Å². The molecule has 0 aromatic carbocycles. The second-order valence-electron chi connectivity index (χ2n) is 2.67. The number of aliphatic imine (C=N–C) groups is 1. The lowest BCUT2D eigenvalue weighted by Crippen LogP contribution is -2.11. The van der Waals surface area contributed by atoms with E-state index in [4.69, 9.17) is 5.73 Å². The second-order valence-corrected chi connectivity index (χ2v) is 2.67. The van der Waals surface area contributed by atoms with Gasteiger partial charge in [-0.2, -0.15) is 0 Å². The van der Waals surface area contributed by atoms with Crippen molar-refractivity contribution in [3.05, 3.63) is 12.0 Å². The quantitative estimate of drug-likeness (QED) is 0.680. The molecular formula is C8H12N4O. The summed E-state index contributed by atoms with van der Waals surface area (Å²) in [5.74, 6) is -0.174. The minimum Gasteiger partial charge on any atom is -0.364 e. The Labute approximate surface area is 76.1 Å². The maximum Gasteiger partial charge on any atom is 0.269 e. The Morgan fingerprint density at radius 3 is 3.00 bits per heavy atom. The SMILES string of the molecule is CCC(C)=Nc1nc[nH]c1C(N)=O. The van der Waals surface area contributed by atoms with Gasteiger partial charge in [-0.15, -0.1) is 0 Å². The van der Waals surface area contributed by atoms with Crippen LogP contribution in [0.25, 0.3) is 0 Å². The summed E-state index contributed by atoms with van der Waals surface area (Å²) < 4.78 is 0. The molecule has 0 fully saturated rings. The summed E-state index contributed by atoms with van der Waals surface area (Å²) in [4.78, 5) is 21.5. The normalized spacial score (nSPS) is 11.7. The number of carbonyl (C=O) groups is 1. The number of aromatic nitrogens is 2. The van der Waals surface area contributed by atoms with E-state index in [1.807, 2.05) is 13.8 Å². The summed E-state index contributed by atoms with van der Waals surface area (Å²) in [7, 11) is 0. The molecule has 0 aliphatic heterocycles. The molecule has 13 heavy (non-hydrogen) atoms. The Hall–Kier alpha value is -1.65. The van der Waals surface area contributed by atoms with Crippen molar-refractivity contribution in [2.45, 2.75) is 20.3 Å². The zero-order valence-electron chi connectivity index (χ0n) is 7.66. The van der Waals surface area contributed by atoms with Crippen molar-refractivity contribution < 1.29 is 4.79 Å². The number of hydrogen-bond acceptors (Lipinski definition) is 3. The Balaban J connectivity index is 3.01. The first-order chi connectivity index (χ1) is 6.15. The van der Waals surface area contributed by atoms with Crippen molar-refractivity contribution in [3.63, 3.8) is 0 Å². The van der Waals surface area contributed by atoms with Crippen molar-refractivity contribution in [3.8, 4) is 0 Å². The van der Waals surface area contributed by atoms with E-state index in [-0.39, 0.29) is 5.69 Å². The topological polar surface area (TPSA) is 84.1 Å². The van der Waals surface area contributed by atoms with Crippen LogP contribution in [0.4, 0.5) is 5.82 Å². The number of aromatic amines is 1. The van der Waals surface area contributed by atoms with Gasteiger partial charge < -0.3 is 10.7 Å². The first kappa shape index (κ1) is 9.44. The molecule has 1 aromatic heterocycles. The van der Waals surface area contributed by atoms with Crippen LogP contribution in [0.15, 0.2) is 11.3 Å². The third-order valence-corrected chi connectivity index (χ3v) is 1.67. The third-order valence-electron chi connectivity index (χ3n) is 1.67. The molecule has 0 aliphatic rings. The largest absolute Gasteiger partial charge is 0.364 e. The molecule has 0 radical (unpaired) electrons. The molecule has 70 valence electrons. The van der Waals surface area contributed by atoms with Crippen LogP contribution in [0.5, 0.6) is 0 Å². The number of H-pyrrole nitrogens is 1. The molecule has 0 atom stereocenters. The first-order valence-electron chi connectivity index (χ1n) is 4.02. The number of nitrogens with two attached hydrogens (primary N) is 1. The third kappa shape index (κ3) is 2.14. The molecule has 0 unspecified atom stereocenters. The van der Waals surface area contributed by atoms with Crippen LogP contribution >= 0.6 is 0 Å². The average molecular weight is 180 g/mol. The molecule has 3 N–H and O–H groups in total. The zero-order valence-corrected chi connectivity index (χ0v) is 7.66. The summed E-state index contributed by atoms with van der Waals surface area (Å²) >= 11 is 0. The number of imidazole rings is 1. The van der Waals surface area contributed by atoms with Crippen LogP contribution in [0.2, 0.25) is 0 Å². The molecule has 1 aromatic rings. The summed E-state index contributed by atoms with van der Waals surface area (Å²) in [6.45, 7) is 3.86. The summed E-state index contributed by atoms with van der Waals surface area (Å²) in [6.07, 6.45) is 2.23. The van der Waals surface area contributed by atoms with E-state index < -0.39 is 5.91 Å². The van der Waals surface area contributed by atoms with Crippen molar-refractivity contribution in [1.29, 1.82) is 0 Å². The predicted molar refractivity (Wildman–Crippen MR) is 50.2 cm³/mol. The minimum absolute atomic E-state index is 0.257. The van der Waals surface area contributed by atoms with Crippen LogP contribution in [0.3, 0.4) is 0 Å². The van der Waals surface area contributed by atoms with Gasteiger partial charge in [-0.3, -0.25) is 4.79 Å². The molecule has 1 rings (SSSR count). The smallest absolute Gasteiger partial charge is 0.269 e. The van der Waals surface area contributed by atoms with Crippen LogP contribution < -0.4 is 5.73 Å². The maximum absolute atomic E-state index is 10.8. The molecule has 0 spiro atoms. The Morgan fingerprint density at radius 1 is 1.77 bits per heavy atom. The second kappa shape index (κ2) is 3.84. The van der Waals surface area contributed by atoms with Gasteiger partial charge in [0.05, 0.1) is 6.33 Å². The summed E-state index contributed by atoms with van der Waals surface area (Å²) in [5.41, 5.74) is 6.27. The van der Waals surface area contributed by atoms with Crippen molar-refractivity contribution in [1.82, 2.24) is 9.97 Å². The van der Waals surface area contributed by atoms with E-state index in [0.29, 0.717) is 5.82 Å². The zero-order chi connectivity index (χ0) is 9.84. The number of nitrogens with one attached hydrogen (secondary N) is 1. The van der Waals surface area contributed by atoms with Crippen LogP contribution in [0.1, 0.15) is 30.8 Å². The van der Waals surface area contributed by atoms with Gasteiger partial charge in [0.15, 0.2) is 11.5 Å². The molecule has 5 heteroatoms. The van der Waals surface area contributed by atoms with E-state index >= 15 is 0 Å². The number of nitrogens with zero attached hydrogens (tertiary/aromatic N) is 2.